The standard InChI is InChI=1S/C62H41NO/c1-3-13-42(14-4-1)44-25-27-45(28-26-44)47-31-35-52(36-32-47)63(51-33-29-46(30-34-51)43-15-5-2-6-16-43)53-37-38-60-58(41-53)57-24-12-23-56(55-22-11-20-48-17-9-10-21-54(48)55)62(57)59-39-49-18-7-8-19-50(49)40-61(59)64-60/h1-41H. The van der Waals surface area contributed by atoms with Gasteiger partial charge < -0.3 is 9.64 Å². The summed E-state index contributed by atoms with van der Waals surface area (Å²) in [4.78, 5) is 2.36. The second kappa shape index (κ2) is 15.8. The summed E-state index contributed by atoms with van der Waals surface area (Å²) < 4.78 is 7.07. The van der Waals surface area contributed by atoms with Crippen molar-refractivity contribution >= 4 is 38.6 Å². The van der Waals surface area contributed by atoms with Crippen molar-refractivity contribution in [3.8, 4) is 78.3 Å². The first-order valence-corrected chi connectivity index (χ1v) is 21.9. The number of hydrogen-bond acceptors (Lipinski definition) is 2. The summed E-state index contributed by atoms with van der Waals surface area (Å²) in [5.74, 6) is 1.67. The molecule has 300 valence electrons. The van der Waals surface area contributed by atoms with Crippen molar-refractivity contribution in [1.29, 1.82) is 0 Å². The molecule has 0 N–H and O–H groups in total. The Balaban J connectivity index is 1.02. The monoisotopic (exact) mass is 815 g/mol. The zero-order valence-corrected chi connectivity index (χ0v) is 35.0. The zero-order chi connectivity index (χ0) is 42.4. The average Bonchev–Trinajstić information content (AvgIpc) is 3.50. The number of benzene rings is 11. The molecule has 0 unspecified atom stereocenters. The highest BCUT2D eigenvalue weighted by molar-refractivity contribution is 6.07. The van der Waals surface area contributed by atoms with Crippen molar-refractivity contribution in [3.05, 3.63) is 249 Å². The van der Waals surface area contributed by atoms with E-state index in [9.17, 15) is 0 Å². The maximum absolute atomic E-state index is 7.07. The first kappa shape index (κ1) is 37.3. The highest BCUT2D eigenvalue weighted by Gasteiger charge is 2.26. The highest BCUT2D eigenvalue weighted by atomic mass is 16.5. The molecular formula is C62H41NO. The highest BCUT2D eigenvalue weighted by Crippen LogP contribution is 2.53. The average molecular weight is 816 g/mol. The Hall–Kier alpha value is -8.46. The first-order chi connectivity index (χ1) is 31.7. The lowest BCUT2D eigenvalue weighted by Crippen LogP contribution is -2.10. The van der Waals surface area contributed by atoms with Crippen LogP contribution in [0.2, 0.25) is 0 Å². The Bertz CT molecular complexity index is 3480. The maximum Gasteiger partial charge on any atom is 0.135 e. The van der Waals surface area contributed by atoms with Gasteiger partial charge in [-0.25, -0.2) is 0 Å². The zero-order valence-electron chi connectivity index (χ0n) is 35.0. The van der Waals surface area contributed by atoms with Gasteiger partial charge in [0.2, 0.25) is 0 Å². The van der Waals surface area contributed by atoms with Gasteiger partial charge in [0.25, 0.3) is 0 Å². The van der Waals surface area contributed by atoms with Gasteiger partial charge in [0.05, 0.1) is 0 Å². The minimum Gasteiger partial charge on any atom is -0.456 e. The molecule has 0 radical (unpaired) electrons. The number of fused-ring (bicyclic) bond motifs is 7. The topological polar surface area (TPSA) is 12.5 Å². The lowest BCUT2D eigenvalue weighted by atomic mass is 9.85. The van der Waals surface area contributed by atoms with Crippen molar-refractivity contribution in [3.63, 3.8) is 0 Å². The smallest absolute Gasteiger partial charge is 0.135 e. The fourth-order valence-electron chi connectivity index (χ4n) is 9.50. The van der Waals surface area contributed by atoms with Crippen LogP contribution in [0.15, 0.2) is 249 Å². The van der Waals surface area contributed by atoms with Crippen LogP contribution in [0.5, 0.6) is 11.5 Å². The van der Waals surface area contributed by atoms with E-state index in [-0.39, 0.29) is 0 Å². The summed E-state index contributed by atoms with van der Waals surface area (Å²) in [5.41, 5.74) is 17.1. The fraction of sp³-hybridized carbons (Fsp3) is 0. The second-order valence-corrected chi connectivity index (χ2v) is 16.5. The maximum atomic E-state index is 7.07. The van der Waals surface area contributed by atoms with E-state index in [4.69, 9.17) is 4.74 Å². The van der Waals surface area contributed by atoms with Gasteiger partial charge in [0.15, 0.2) is 0 Å². The van der Waals surface area contributed by atoms with E-state index < -0.39 is 0 Å². The molecule has 2 nitrogen and oxygen atoms in total. The van der Waals surface area contributed by atoms with Crippen LogP contribution in [0, 0.1) is 0 Å². The van der Waals surface area contributed by atoms with Crippen LogP contribution >= 0.6 is 0 Å². The van der Waals surface area contributed by atoms with Crippen LogP contribution in [0.3, 0.4) is 0 Å². The lowest BCUT2D eigenvalue weighted by Gasteiger charge is -2.27. The number of ether oxygens (including phenoxy) is 1. The van der Waals surface area contributed by atoms with Crippen molar-refractivity contribution in [2.45, 2.75) is 0 Å². The predicted octanol–water partition coefficient (Wildman–Crippen LogP) is 17.6. The summed E-state index contributed by atoms with van der Waals surface area (Å²) >= 11 is 0. The molecule has 2 heteroatoms. The van der Waals surface area contributed by atoms with Gasteiger partial charge in [-0.1, -0.05) is 194 Å². The number of anilines is 3. The summed E-state index contributed by atoms with van der Waals surface area (Å²) in [7, 11) is 0. The van der Waals surface area contributed by atoms with E-state index >= 15 is 0 Å². The van der Waals surface area contributed by atoms with Gasteiger partial charge in [-0.2, -0.15) is 0 Å². The first-order valence-electron chi connectivity index (χ1n) is 21.9. The molecule has 0 spiro atoms. The minimum absolute atomic E-state index is 0.822. The molecule has 0 amide bonds. The van der Waals surface area contributed by atoms with Crippen LogP contribution in [0.25, 0.3) is 88.3 Å². The molecule has 0 saturated carbocycles. The molecule has 1 aliphatic heterocycles. The lowest BCUT2D eigenvalue weighted by molar-refractivity contribution is 0.488. The van der Waals surface area contributed by atoms with Crippen molar-refractivity contribution in [1.82, 2.24) is 0 Å². The third kappa shape index (κ3) is 6.70. The van der Waals surface area contributed by atoms with E-state index in [0.717, 1.165) is 61.8 Å². The van der Waals surface area contributed by atoms with Crippen molar-refractivity contribution < 1.29 is 4.74 Å². The Morgan fingerprint density at radius 3 is 1.30 bits per heavy atom. The number of rotatable bonds is 7. The van der Waals surface area contributed by atoms with E-state index in [1.807, 2.05) is 0 Å². The van der Waals surface area contributed by atoms with E-state index in [1.165, 1.54) is 55.1 Å². The molecule has 12 rings (SSSR count). The van der Waals surface area contributed by atoms with Gasteiger partial charge in [-0.05, 0) is 126 Å². The predicted molar refractivity (Wildman–Crippen MR) is 269 cm³/mol. The van der Waals surface area contributed by atoms with Gasteiger partial charge >= 0.3 is 0 Å². The van der Waals surface area contributed by atoms with E-state index in [0.29, 0.717) is 0 Å². The van der Waals surface area contributed by atoms with Crippen LogP contribution in [-0.2, 0) is 0 Å². The fourth-order valence-corrected chi connectivity index (χ4v) is 9.50. The molecular weight excluding hydrogens is 775 g/mol. The summed E-state index contributed by atoms with van der Waals surface area (Å²) in [6, 6.07) is 89.6. The minimum atomic E-state index is 0.822. The number of nitrogens with zero attached hydrogens (tertiary/aromatic N) is 1. The Morgan fingerprint density at radius 1 is 0.250 bits per heavy atom. The second-order valence-electron chi connectivity index (χ2n) is 16.5. The Labute approximate surface area is 373 Å². The quantitative estimate of drug-likeness (QED) is 0.159. The molecule has 0 aromatic heterocycles. The molecule has 11 aromatic carbocycles. The molecule has 0 atom stereocenters. The van der Waals surface area contributed by atoms with Gasteiger partial charge in [-0.3, -0.25) is 0 Å². The molecule has 0 aliphatic carbocycles. The number of hydrogen-bond donors (Lipinski definition) is 0. The Morgan fingerprint density at radius 2 is 0.688 bits per heavy atom. The van der Waals surface area contributed by atoms with Crippen LogP contribution in [0.4, 0.5) is 17.1 Å². The Kier molecular flexibility index (Phi) is 9.20. The van der Waals surface area contributed by atoms with E-state index in [2.05, 4.69) is 254 Å². The SMILES string of the molecule is c1ccc(-c2ccc(-c3ccc(N(c4ccc(-c5ccccc5)cc4)c4ccc5c(c4)-c4cccc(-c6cccc7ccccc67)c4-c4cc6ccccc6cc4O5)cc3)cc2)cc1. The van der Waals surface area contributed by atoms with Crippen LogP contribution in [-0.4, -0.2) is 0 Å². The van der Waals surface area contributed by atoms with Crippen molar-refractivity contribution in [2.24, 2.45) is 0 Å². The van der Waals surface area contributed by atoms with Gasteiger partial charge in [0.1, 0.15) is 11.5 Å². The van der Waals surface area contributed by atoms with E-state index in [1.54, 1.807) is 0 Å². The third-order valence-corrected chi connectivity index (χ3v) is 12.7. The molecule has 0 bridgehead atoms. The largest absolute Gasteiger partial charge is 0.456 e. The molecule has 64 heavy (non-hydrogen) atoms. The van der Waals surface area contributed by atoms with Gasteiger partial charge in [-0.15, -0.1) is 0 Å². The third-order valence-electron chi connectivity index (χ3n) is 12.7. The summed E-state index contributed by atoms with van der Waals surface area (Å²) in [6.07, 6.45) is 0. The molecule has 0 fully saturated rings. The van der Waals surface area contributed by atoms with Crippen LogP contribution in [0.1, 0.15) is 0 Å². The summed E-state index contributed by atoms with van der Waals surface area (Å²) in [5, 5.41) is 4.76. The molecule has 11 aromatic rings. The van der Waals surface area contributed by atoms with Gasteiger partial charge in [0, 0.05) is 33.8 Å². The van der Waals surface area contributed by atoms with Crippen LogP contribution < -0.4 is 9.64 Å². The summed E-state index contributed by atoms with van der Waals surface area (Å²) in [6.45, 7) is 0. The molecule has 0 saturated heterocycles. The molecule has 1 heterocycles. The normalized spacial score (nSPS) is 11.6. The molecule has 1 aliphatic rings. The van der Waals surface area contributed by atoms with Crippen molar-refractivity contribution in [2.75, 3.05) is 4.90 Å².